The zero-order valence-corrected chi connectivity index (χ0v) is 18.9. The fourth-order valence-corrected chi connectivity index (χ4v) is 4.24. The van der Waals surface area contributed by atoms with Crippen molar-refractivity contribution in [1.29, 1.82) is 0 Å². The Morgan fingerprint density at radius 2 is 1.97 bits per heavy atom. The van der Waals surface area contributed by atoms with Crippen LogP contribution in [0.5, 0.6) is 0 Å². The fraction of sp³-hybridized carbons (Fsp3) is 0.231. The molecule has 4 aromatic rings. The molecule has 0 atom stereocenters. The van der Waals surface area contributed by atoms with Crippen molar-refractivity contribution in [2.24, 2.45) is 10.7 Å². The molecule has 1 fully saturated rings. The maximum Gasteiger partial charge on any atom is 0.244 e. The number of aliphatic imine (C=N–C) groups is 1. The highest BCUT2D eigenvalue weighted by molar-refractivity contribution is 6.14. The van der Waals surface area contributed by atoms with Crippen LogP contribution in [0.3, 0.4) is 0 Å². The number of hydrogen-bond acceptors (Lipinski definition) is 5. The lowest BCUT2D eigenvalue weighted by Crippen LogP contribution is -2.31. The highest BCUT2D eigenvalue weighted by Crippen LogP contribution is 2.27. The van der Waals surface area contributed by atoms with Crippen molar-refractivity contribution in [2.75, 3.05) is 13.1 Å². The summed E-state index contributed by atoms with van der Waals surface area (Å²) in [5.74, 6) is 0.112. The number of hydrogen-bond donors (Lipinski definition) is 2. The largest absolute Gasteiger partial charge is 0.404 e. The number of benzene rings is 1. The highest BCUT2D eigenvalue weighted by atomic mass is 16.2. The summed E-state index contributed by atoms with van der Waals surface area (Å²) in [4.78, 5) is 26.7. The number of allylic oxidation sites excluding steroid dienone is 1. The molecule has 8 heteroatoms. The van der Waals surface area contributed by atoms with E-state index in [4.69, 9.17) is 5.73 Å². The van der Waals surface area contributed by atoms with Gasteiger partial charge in [-0.25, -0.2) is 4.98 Å². The van der Waals surface area contributed by atoms with E-state index in [-0.39, 0.29) is 12.5 Å². The van der Waals surface area contributed by atoms with Gasteiger partial charge >= 0.3 is 0 Å². The van der Waals surface area contributed by atoms with Gasteiger partial charge in [0.1, 0.15) is 12.2 Å². The van der Waals surface area contributed by atoms with Crippen LogP contribution in [0.1, 0.15) is 24.0 Å². The van der Waals surface area contributed by atoms with Crippen LogP contribution < -0.4 is 5.73 Å². The first-order valence-electron chi connectivity index (χ1n) is 11.4. The molecule has 0 bridgehead atoms. The number of carbonyl (C=O) groups excluding carboxylic acids is 1. The number of rotatable bonds is 7. The second kappa shape index (κ2) is 9.74. The minimum Gasteiger partial charge on any atom is -0.404 e. The molecule has 1 saturated heterocycles. The Labute approximate surface area is 197 Å². The Balaban J connectivity index is 1.35. The Morgan fingerprint density at radius 1 is 1.15 bits per heavy atom. The van der Waals surface area contributed by atoms with E-state index in [2.05, 4.69) is 26.1 Å². The van der Waals surface area contributed by atoms with E-state index in [1.54, 1.807) is 23.3 Å². The first kappa shape index (κ1) is 21.6. The van der Waals surface area contributed by atoms with Crippen molar-refractivity contribution < 1.29 is 4.79 Å². The van der Waals surface area contributed by atoms with Crippen LogP contribution in [0.25, 0.3) is 27.7 Å². The number of likely N-dealkylation sites (tertiary alicyclic amines) is 1. The smallest absolute Gasteiger partial charge is 0.244 e. The summed E-state index contributed by atoms with van der Waals surface area (Å²) in [6.07, 6.45) is 12.9. The molecule has 8 nitrogen and oxygen atoms in total. The maximum absolute atomic E-state index is 12.4. The standard InChI is InChI=1S/C26H27N7O/c27-11-21(13-28-12-19-6-2-1-3-7-19)24-16-30-26-23(24)10-20(14-29-26)22-15-31-33(17-22)18-25(34)32-8-4-5-9-32/h1-3,6-7,10-11,13-17H,4-5,8-9,12,18,27H2,(H,29,30)/b21-11+,28-13?. The van der Waals surface area contributed by atoms with Crippen molar-refractivity contribution in [3.8, 4) is 11.1 Å². The second-order valence-electron chi connectivity index (χ2n) is 8.41. The number of amides is 1. The van der Waals surface area contributed by atoms with Gasteiger partial charge in [0.15, 0.2) is 0 Å². The van der Waals surface area contributed by atoms with Crippen LogP contribution in [0.4, 0.5) is 0 Å². The molecule has 34 heavy (non-hydrogen) atoms. The van der Waals surface area contributed by atoms with Gasteiger partial charge < -0.3 is 15.6 Å². The van der Waals surface area contributed by atoms with Crippen LogP contribution in [0.15, 0.2) is 72.4 Å². The summed E-state index contributed by atoms with van der Waals surface area (Å²) >= 11 is 0. The van der Waals surface area contributed by atoms with Gasteiger partial charge in [-0.1, -0.05) is 30.3 Å². The van der Waals surface area contributed by atoms with Gasteiger partial charge in [0.25, 0.3) is 0 Å². The lowest BCUT2D eigenvalue weighted by molar-refractivity contribution is -0.130. The first-order valence-corrected chi connectivity index (χ1v) is 11.4. The first-order chi connectivity index (χ1) is 16.7. The summed E-state index contributed by atoms with van der Waals surface area (Å²) in [6.45, 7) is 2.52. The highest BCUT2D eigenvalue weighted by Gasteiger charge is 2.18. The molecule has 4 heterocycles. The normalized spacial score (nSPS) is 14.5. The minimum atomic E-state index is 0.112. The quantitative estimate of drug-likeness (QED) is 0.417. The van der Waals surface area contributed by atoms with E-state index in [0.29, 0.717) is 6.54 Å². The van der Waals surface area contributed by atoms with E-state index in [0.717, 1.165) is 64.8 Å². The Hall–Kier alpha value is -4.20. The molecule has 172 valence electrons. The van der Waals surface area contributed by atoms with Crippen molar-refractivity contribution in [3.05, 3.63) is 78.5 Å². The average Bonchev–Trinajstić information content (AvgIpc) is 3.63. The number of carbonyl (C=O) groups is 1. The third-order valence-electron chi connectivity index (χ3n) is 6.09. The van der Waals surface area contributed by atoms with E-state index >= 15 is 0 Å². The molecule has 0 saturated carbocycles. The maximum atomic E-state index is 12.4. The van der Waals surface area contributed by atoms with E-state index in [9.17, 15) is 4.79 Å². The van der Waals surface area contributed by atoms with Crippen molar-refractivity contribution in [3.63, 3.8) is 0 Å². The average molecular weight is 454 g/mol. The number of fused-ring (bicyclic) bond motifs is 1. The summed E-state index contributed by atoms with van der Waals surface area (Å²) in [6, 6.07) is 12.1. The third-order valence-corrected chi connectivity index (χ3v) is 6.09. The number of nitrogens with two attached hydrogens (primary N) is 1. The fourth-order valence-electron chi connectivity index (χ4n) is 4.24. The van der Waals surface area contributed by atoms with Gasteiger partial charge in [0, 0.05) is 71.7 Å². The number of pyridine rings is 1. The van der Waals surface area contributed by atoms with Gasteiger partial charge in [0.05, 0.1) is 12.7 Å². The summed E-state index contributed by atoms with van der Waals surface area (Å²) in [5.41, 5.74) is 11.4. The van der Waals surface area contributed by atoms with Crippen LogP contribution in [-0.2, 0) is 17.9 Å². The number of aromatic amines is 1. The predicted octanol–water partition coefficient (Wildman–Crippen LogP) is 3.62. The van der Waals surface area contributed by atoms with Gasteiger partial charge in [-0.3, -0.25) is 14.5 Å². The molecule has 5 rings (SSSR count). The van der Waals surface area contributed by atoms with Crippen LogP contribution in [0.2, 0.25) is 0 Å². The lowest BCUT2D eigenvalue weighted by atomic mass is 10.0. The van der Waals surface area contributed by atoms with Gasteiger partial charge in [-0.2, -0.15) is 5.10 Å². The van der Waals surface area contributed by atoms with E-state index in [1.807, 2.05) is 53.8 Å². The molecule has 1 aromatic carbocycles. The van der Waals surface area contributed by atoms with Crippen LogP contribution in [0, 0.1) is 0 Å². The molecule has 0 unspecified atom stereocenters. The van der Waals surface area contributed by atoms with Crippen molar-refractivity contribution in [1.82, 2.24) is 24.6 Å². The minimum absolute atomic E-state index is 0.112. The lowest BCUT2D eigenvalue weighted by Gasteiger charge is -2.14. The Bertz CT molecular complexity index is 1340. The van der Waals surface area contributed by atoms with Gasteiger partial charge in [0.2, 0.25) is 5.91 Å². The van der Waals surface area contributed by atoms with Crippen LogP contribution >= 0.6 is 0 Å². The molecule has 0 radical (unpaired) electrons. The molecular weight excluding hydrogens is 426 g/mol. The van der Waals surface area contributed by atoms with Crippen molar-refractivity contribution >= 4 is 28.7 Å². The Kier molecular flexibility index (Phi) is 6.20. The summed E-state index contributed by atoms with van der Waals surface area (Å²) in [5, 5.41) is 5.34. The predicted molar refractivity (Wildman–Crippen MR) is 134 cm³/mol. The molecular formula is C26H27N7O. The molecule has 3 aromatic heterocycles. The van der Waals surface area contributed by atoms with Gasteiger partial charge in [-0.15, -0.1) is 0 Å². The van der Waals surface area contributed by atoms with E-state index in [1.165, 1.54) is 0 Å². The topological polar surface area (TPSA) is 105 Å². The van der Waals surface area contributed by atoms with Crippen LogP contribution in [-0.4, -0.2) is 49.9 Å². The van der Waals surface area contributed by atoms with Gasteiger partial charge in [-0.05, 0) is 24.5 Å². The number of aromatic nitrogens is 4. The molecule has 3 N–H and O–H groups in total. The van der Waals surface area contributed by atoms with E-state index < -0.39 is 0 Å². The molecule has 0 spiro atoms. The molecule has 0 aliphatic carbocycles. The zero-order chi connectivity index (χ0) is 23.3. The summed E-state index contributed by atoms with van der Waals surface area (Å²) < 4.78 is 1.69. The SMILES string of the molecule is N/C=C(\C=NCc1ccccc1)c1c[nH]c2ncc(-c3cnn(CC(=O)N4CCCC4)c3)cc12. The number of nitrogens with one attached hydrogen (secondary N) is 1. The summed E-state index contributed by atoms with van der Waals surface area (Å²) in [7, 11) is 0. The molecule has 1 aliphatic rings. The zero-order valence-electron chi connectivity index (χ0n) is 18.9. The molecule has 1 aliphatic heterocycles. The molecule has 1 amide bonds. The van der Waals surface area contributed by atoms with Crippen molar-refractivity contribution in [2.45, 2.75) is 25.9 Å². The number of nitrogens with zero attached hydrogens (tertiary/aromatic N) is 5. The second-order valence-corrected chi connectivity index (χ2v) is 8.41. The monoisotopic (exact) mass is 453 g/mol. The Morgan fingerprint density at radius 3 is 2.76 bits per heavy atom. The number of H-pyrrole nitrogens is 1. The third kappa shape index (κ3) is 4.61.